The molecular formula is C16H18O2. The van der Waals surface area contributed by atoms with Crippen LogP contribution in [0.25, 0.3) is 5.57 Å². The van der Waals surface area contributed by atoms with Gasteiger partial charge in [0.2, 0.25) is 0 Å². The average molecular weight is 242 g/mol. The molecule has 0 saturated carbocycles. The van der Waals surface area contributed by atoms with Gasteiger partial charge >= 0.3 is 0 Å². The fourth-order valence-electron chi connectivity index (χ4n) is 3.01. The maximum atomic E-state index is 6.11. The van der Waals surface area contributed by atoms with E-state index >= 15 is 0 Å². The summed E-state index contributed by atoms with van der Waals surface area (Å²) in [4.78, 5) is 0. The van der Waals surface area contributed by atoms with E-state index in [1.165, 1.54) is 11.1 Å². The van der Waals surface area contributed by atoms with Crippen LogP contribution in [0.1, 0.15) is 19.4 Å². The summed E-state index contributed by atoms with van der Waals surface area (Å²) >= 11 is 0. The Bertz CT molecular complexity index is 517. The first-order chi connectivity index (χ1) is 8.56. The molecule has 3 rings (SSSR count). The smallest absolute Gasteiger partial charge is 0.115 e. The highest BCUT2D eigenvalue weighted by Crippen LogP contribution is 2.45. The van der Waals surface area contributed by atoms with E-state index in [1.54, 1.807) is 7.11 Å². The first-order valence-corrected chi connectivity index (χ1v) is 6.28. The largest absolute Gasteiger partial charge is 0.373 e. The minimum absolute atomic E-state index is 0.0632. The molecule has 0 N–H and O–H groups in total. The summed E-state index contributed by atoms with van der Waals surface area (Å²) in [5.74, 6) is 0. The Morgan fingerprint density at radius 3 is 2.50 bits per heavy atom. The normalized spacial score (nSPS) is 37.7. The number of methoxy groups -OCH3 is 1. The predicted octanol–water partition coefficient (Wildman–Crippen LogP) is 3.20. The number of hydrogen-bond acceptors (Lipinski definition) is 2. The Morgan fingerprint density at radius 1 is 1.11 bits per heavy atom. The van der Waals surface area contributed by atoms with Gasteiger partial charge < -0.3 is 9.47 Å². The topological polar surface area (TPSA) is 18.5 Å². The lowest BCUT2D eigenvalue weighted by molar-refractivity contribution is -0.111. The second kappa shape index (κ2) is 3.81. The van der Waals surface area contributed by atoms with Crippen molar-refractivity contribution in [1.82, 2.24) is 0 Å². The predicted molar refractivity (Wildman–Crippen MR) is 72.3 cm³/mol. The molecule has 0 aromatic heterocycles. The van der Waals surface area contributed by atoms with Crippen LogP contribution in [0.15, 0.2) is 48.6 Å². The van der Waals surface area contributed by atoms with E-state index in [1.807, 2.05) is 6.07 Å². The first-order valence-electron chi connectivity index (χ1n) is 6.28. The van der Waals surface area contributed by atoms with Crippen LogP contribution in [0.4, 0.5) is 0 Å². The lowest BCUT2D eigenvalue weighted by Gasteiger charge is -2.41. The van der Waals surface area contributed by atoms with Crippen LogP contribution >= 0.6 is 0 Å². The summed E-state index contributed by atoms with van der Waals surface area (Å²) in [6.07, 6.45) is 6.34. The summed E-state index contributed by atoms with van der Waals surface area (Å²) in [5.41, 5.74) is 1.73. The zero-order valence-electron chi connectivity index (χ0n) is 11.0. The quantitative estimate of drug-likeness (QED) is 0.741. The molecule has 1 aromatic rings. The van der Waals surface area contributed by atoms with Crippen LogP contribution in [0.5, 0.6) is 0 Å². The van der Waals surface area contributed by atoms with E-state index in [0.29, 0.717) is 0 Å². The number of fused-ring (bicyclic) bond motifs is 2. The molecule has 94 valence electrons. The third-order valence-corrected chi connectivity index (χ3v) is 3.77. The fourth-order valence-corrected chi connectivity index (χ4v) is 3.01. The van der Waals surface area contributed by atoms with Gasteiger partial charge in [0, 0.05) is 7.11 Å². The molecule has 3 atom stereocenters. The van der Waals surface area contributed by atoms with Gasteiger partial charge in [-0.15, -0.1) is 0 Å². The molecule has 2 heterocycles. The number of ether oxygens (including phenoxy) is 2. The van der Waals surface area contributed by atoms with Crippen molar-refractivity contribution in [3.8, 4) is 0 Å². The van der Waals surface area contributed by atoms with Crippen LogP contribution in [0.3, 0.4) is 0 Å². The van der Waals surface area contributed by atoms with Crippen molar-refractivity contribution in [2.75, 3.05) is 7.11 Å². The molecular weight excluding hydrogens is 224 g/mol. The number of benzene rings is 1. The molecule has 18 heavy (non-hydrogen) atoms. The third-order valence-electron chi connectivity index (χ3n) is 3.77. The van der Waals surface area contributed by atoms with Crippen molar-refractivity contribution in [2.24, 2.45) is 0 Å². The monoisotopic (exact) mass is 242 g/mol. The molecule has 2 bridgehead atoms. The zero-order valence-corrected chi connectivity index (χ0v) is 11.0. The van der Waals surface area contributed by atoms with E-state index in [4.69, 9.17) is 9.47 Å². The van der Waals surface area contributed by atoms with Crippen molar-refractivity contribution in [2.45, 2.75) is 31.2 Å². The highest BCUT2D eigenvalue weighted by Gasteiger charge is 2.49. The third kappa shape index (κ3) is 1.64. The van der Waals surface area contributed by atoms with Crippen LogP contribution in [-0.4, -0.2) is 24.4 Å². The van der Waals surface area contributed by atoms with E-state index in [0.717, 1.165) is 0 Å². The average Bonchev–Trinajstić information content (AvgIpc) is 2.62. The van der Waals surface area contributed by atoms with Gasteiger partial charge in [-0.25, -0.2) is 0 Å². The van der Waals surface area contributed by atoms with Gasteiger partial charge in [0.1, 0.15) is 17.3 Å². The van der Waals surface area contributed by atoms with E-state index in [2.05, 4.69) is 56.3 Å². The number of hydrogen-bond donors (Lipinski definition) is 0. The zero-order chi connectivity index (χ0) is 12.8. The standard InChI is InChI=1S/C16H18O2/c1-15-9-10-16(2,18-15)14(17-3)13(11-15)12-7-5-4-6-8-12/h4-11,14H,1-3H3/t14-,15+,16-/m1/s1. The minimum Gasteiger partial charge on any atom is -0.373 e. The van der Waals surface area contributed by atoms with Crippen molar-refractivity contribution >= 4 is 5.57 Å². The summed E-state index contributed by atoms with van der Waals surface area (Å²) in [6, 6.07) is 10.4. The molecule has 0 aliphatic carbocycles. The van der Waals surface area contributed by atoms with Crippen molar-refractivity contribution in [1.29, 1.82) is 0 Å². The maximum Gasteiger partial charge on any atom is 0.115 e. The summed E-state index contributed by atoms with van der Waals surface area (Å²) in [5, 5.41) is 0. The SMILES string of the molecule is CO[C@@H]1C(c2ccccc2)=C[C@]2(C)C=C[C@@]1(C)O2. The van der Waals surface area contributed by atoms with Gasteiger partial charge in [0.15, 0.2) is 0 Å². The Kier molecular flexibility index (Phi) is 2.47. The van der Waals surface area contributed by atoms with Gasteiger partial charge in [0.05, 0.1) is 0 Å². The Balaban J connectivity index is 2.12. The summed E-state index contributed by atoms with van der Waals surface area (Å²) < 4.78 is 11.8. The second-order valence-electron chi connectivity index (χ2n) is 5.38. The molecule has 2 aliphatic rings. The maximum absolute atomic E-state index is 6.11. The number of rotatable bonds is 2. The van der Waals surface area contributed by atoms with Crippen molar-refractivity contribution in [3.63, 3.8) is 0 Å². The molecule has 1 aromatic carbocycles. The Labute approximate surface area is 108 Å². The van der Waals surface area contributed by atoms with E-state index < -0.39 is 0 Å². The molecule has 2 nitrogen and oxygen atoms in total. The molecule has 0 spiro atoms. The van der Waals surface area contributed by atoms with Crippen LogP contribution in [-0.2, 0) is 9.47 Å². The molecule has 2 aliphatic heterocycles. The molecule has 2 heteroatoms. The van der Waals surface area contributed by atoms with Gasteiger partial charge in [-0.05, 0) is 31.1 Å². The lowest BCUT2D eigenvalue weighted by Crippen LogP contribution is -2.47. The molecule has 0 amide bonds. The summed E-state index contributed by atoms with van der Waals surface area (Å²) in [7, 11) is 1.74. The highest BCUT2D eigenvalue weighted by molar-refractivity contribution is 5.74. The van der Waals surface area contributed by atoms with Gasteiger partial charge in [-0.2, -0.15) is 0 Å². The molecule has 0 unspecified atom stereocenters. The Morgan fingerprint density at radius 2 is 1.83 bits per heavy atom. The van der Waals surface area contributed by atoms with Crippen molar-refractivity contribution < 1.29 is 9.47 Å². The fraction of sp³-hybridized carbons (Fsp3) is 0.375. The van der Waals surface area contributed by atoms with E-state index in [-0.39, 0.29) is 17.3 Å². The summed E-state index contributed by atoms with van der Waals surface area (Å²) in [6.45, 7) is 4.17. The molecule has 0 fully saturated rings. The Hall–Kier alpha value is -1.38. The second-order valence-corrected chi connectivity index (χ2v) is 5.38. The van der Waals surface area contributed by atoms with Crippen molar-refractivity contribution in [3.05, 3.63) is 54.1 Å². The first kappa shape index (κ1) is 11.7. The van der Waals surface area contributed by atoms with Gasteiger partial charge in [-0.3, -0.25) is 0 Å². The van der Waals surface area contributed by atoms with Crippen LogP contribution < -0.4 is 0 Å². The van der Waals surface area contributed by atoms with Crippen LogP contribution in [0, 0.1) is 0 Å². The minimum atomic E-state index is -0.372. The lowest BCUT2D eigenvalue weighted by atomic mass is 9.86. The van der Waals surface area contributed by atoms with Crippen LogP contribution in [0.2, 0.25) is 0 Å². The molecule has 0 radical (unpaired) electrons. The van der Waals surface area contributed by atoms with Gasteiger partial charge in [0.25, 0.3) is 0 Å². The highest BCUT2D eigenvalue weighted by atomic mass is 16.6. The van der Waals surface area contributed by atoms with E-state index in [9.17, 15) is 0 Å². The van der Waals surface area contributed by atoms with Gasteiger partial charge in [-0.1, -0.05) is 42.5 Å². The molecule has 0 saturated heterocycles.